The van der Waals surface area contributed by atoms with Gasteiger partial charge in [-0.2, -0.15) is 8.42 Å². The highest BCUT2D eigenvalue weighted by Crippen LogP contribution is 2.27. The minimum absolute atomic E-state index is 0.0603. The molecule has 2 aromatic rings. The molecule has 0 saturated heterocycles. The van der Waals surface area contributed by atoms with Crippen molar-refractivity contribution >= 4 is 32.7 Å². The van der Waals surface area contributed by atoms with Gasteiger partial charge in [0.15, 0.2) is 5.75 Å². The van der Waals surface area contributed by atoms with E-state index in [9.17, 15) is 13.2 Å². The van der Waals surface area contributed by atoms with Crippen molar-refractivity contribution in [3.05, 3.63) is 39.7 Å². The van der Waals surface area contributed by atoms with Gasteiger partial charge in [-0.1, -0.05) is 24.9 Å². The molecule has 20 heavy (non-hydrogen) atoms. The smallest absolute Gasteiger partial charge is 0.340 e. The van der Waals surface area contributed by atoms with Crippen molar-refractivity contribution in [3.63, 3.8) is 0 Å². The maximum absolute atomic E-state index is 11.8. The first-order valence-corrected chi connectivity index (χ1v) is 8.02. The Morgan fingerprint density at radius 1 is 1.30 bits per heavy atom. The molecule has 0 fully saturated rings. The van der Waals surface area contributed by atoms with Crippen LogP contribution in [-0.4, -0.2) is 14.2 Å². The molecule has 0 aliphatic heterocycles. The van der Waals surface area contributed by atoms with Gasteiger partial charge in [-0.25, -0.2) is 4.79 Å². The number of hydrogen-bond donors (Lipinski definition) is 0. The minimum atomic E-state index is -3.74. The zero-order valence-electron chi connectivity index (χ0n) is 10.8. The first kappa shape index (κ1) is 14.9. The Morgan fingerprint density at radius 3 is 2.75 bits per heavy atom. The van der Waals surface area contributed by atoms with Crippen molar-refractivity contribution in [3.8, 4) is 5.75 Å². The summed E-state index contributed by atoms with van der Waals surface area (Å²) in [4.78, 5) is 11.4. The van der Waals surface area contributed by atoms with Gasteiger partial charge < -0.3 is 8.60 Å². The van der Waals surface area contributed by atoms with Gasteiger partial charge in [0, 0.05) is 5.02 Å². The zero-order chi connectivity index (χ0) is 14.8. The van der Waals surface area contributed by atoms with Gasteiger partial charge in [0.05, 0.1) is 17.2 Å². The lowest BCUT2D eigenvalue weighted by Gasteiger charge is -2.08. The molecule has 2 rings (SSSR count). The van der Waals surface area contributed by atoms with Gasteiger partial charge in [-0.3, -0.25) is 0 Å². The summed E-state index contributed by atoms with van der Waals surface area (Å²) in [5.74, 6) is -0.166. The lowest BCUT2D eigenvalue weighted by molar-refractivity contribution is 0.480. The monoisotopic (exact) mass is 316 g/mol. The lowest BCUT2D eigenvalue weighted by Crippen LogP contribution is -2.15. The molecule has 108 valence electrons. The average Bonchev–Trinajstić information content (AvgIpc) is 2.37. The number of rotatable bonds is 5. The Hall–Kier alpha value is -1.53. The molecule has 0 atom stereocenters. The van der Waals surface area contributed by atoms with Gasteiger partial charge in [0.2, 0.25) is 0 Å². The van der Waals surface area contributed by atoms with Gasteiger partial charge in [0.25, 0.3) is 0 Å². The number of fused-ring (bicyclic) bond motifs is 1. The molecular formula is C13H13ClO5S. The minimum Gasteiger partial charge on any atom is -0.422 e. The number of benzene rings is 1. The van der Waals surface area contributed by atoms with Gasteiger partial charge in [-0.15, -0.1) is 0 Å². The third kappa shape index (κ3) is 3.52. The molecule has 0 bridgehead atoms. The van der Waals surface area contributed by atoms with E-state index in [4.69, 9.17) is 20.2 Å². The van der Waals surface area contributed by atoms with Crippen LogP contribution in [-0.2, 0) is 10.1 Å². The molecule has 0 unspecified atom stereocenters. The SMILES string of the molecule is CCCCS(=O)(=O)Oc1cc(=O)oc2ccc(Cl)cc12. The fourth-order valence-electron chi connectivity index (χ4n) is 1.67. The molecule has 1 heterocycles. The maximum Gasteiger partial charge on any atom is 0.340 e. The molecule has 7 heteroatoms. The topological polar surface area (TPSA) is 73.6 Å². The van der Waals surface area contributed by atoms with Crippen molar-refractivity contribution in [2.75, 3.05) is 5.75 Å². The molecule has 0 saturated carbocycles. The van der Waals surface area contributed by atoms with E-state index in [-0.39, 0.29) is 17.1 Å². The van der Waals surface area contributed by atoms with Crippen LogP contribution in [0.3, 0.4) is 0 Å². The van der Waals surface area contributed by atoms with E-state index >= 15 is 0 Å². The van der Waals surface area contributed by atoms with Crippen LogP contribution in [0.4, 0.5) is 0 Å². The molecule has 0 aliphatic rings. The van der Waals surface area contributed by atoms with Crippen LogP contribution in [0.15, 0.2) is 33.5 Å². The second-order valence-corrected chi connectivity index (χ2v) is 6.40. The number of halogens is 1. The third-order valence-corrected chi connectivity index (χ3v) is 4.09. The van der Waals surface area contributed by atoms with Crippen LogP contribution in [0, 0.1) is 0 Å². The van der Waals surface area contributed by atoms with Crippen molar-refractivity contribution < 1.29 is 17.0 Å². The van der Waals surface area contributed by atoms with Crippen LogP contribution in [0.5, 0.6) is 5.75 Å². The van der Waals surface area contributed by atoms with E-state index in [0.29, 0.717) is 16.8 Å². The van der Waals surface area contributed by atoms with E-state index in [1.54, 1.807) is 6.07 Å². The summed E-state index contributed by atoms with van der Waals surface area (Å²) < 4.78 is 33.6. The molecule has 0 radical (unpaired) electrons. The highest BCUT2D eigenvalue weighted by atomic mass is 35.5. The summed E-state index contributed by atoms with van der Waals surface area (Å²) in [7, 11) is -3.74. The van der Waals surface area contributed by atoms with Gasteiger partial charge in [-0.05, 0) is 24.6 Å². The van der Waals surface area contributed by atoms with Crippen LogP contribution in [0.1, 0.15) is 19.8 Å². The van der Waals surface area contributed by atoms with E-state index in [0.717, 1.165) is 12.5 Å². The van der Waals surface area contributed by atoms with Crippen molar-refractivity contribution in [1.29, 1.82) is 0 Å². The molecule has 5 nitrogen and oxygen atoms in total. The van der Waals surface area contributed by atoms with E-state index in [2.05, 4.69) is 0 Å². The quantitative estimate of drug-likeness (QED) is 0.626. The van der Waals surface area contributed by atoms with Crippen LogP contribution in [0.25, 0.3) is 11.0 Å². The summed E-state index contributed by atoms with van der Waals surface area (Å²) in [5.41, 5.74) is -0.455. The maximum atomic E-state index is 11.8. The normalized spacial score (nSPS) is 11.7. The number of hydrogen-bond acceptors (Lipinski definition) is 5. The summed E-state index contributed by atoms with van der Waals surface area (Å²) in [6.07, 6.45) is 1.22. The summed E-state index contributed by atoms with van der Waals surface area (Å²) in [5, 5.41) is 0.735. The molecule has 0 spiro atoms. The standard InChI is InChI=1S/C13H13ClO5S/c1-2-3-6-20(16,17)19-12-8-13(15)18-11-5-4-9(14)7-10(11)12/h4-5,7-8H,2-3,6H2,1H3. The van der Waals surface area contributed by atoms with Crippen molar-refractivity contribution in [2.24, 2.45) is 0 Å². The Morgan fingerprint density at radius 2 is 2.05 bits per heavy atom. The highest BCUT2D eigenvalue weighted by Gasteiger charge is 2.16. The molecule has 0 amide bonds. The predicted molar refractivity (Wildman–Crippen MR) is 76.8 cm³/mol. The molecule has 0 aliphatic carbocycles. The van der Waals surface area contributed by atoms with E-state index < -0.39 is 15.7 Å². The Balaban J connectivity index is 2.48. The first-order chi connectivity index (χ1) is 9.41. The Kier molecular flexibility index (Phi) is 4.35. The average molecular weight is 317 g/mol. The third-order valence-electron chi connectivity index (χ3n) is 2.63. The van der Waals surface area contributed by atoms with Crippen LogP contribution >= 0.6 is 11.6 Å². The fourth-order valence-corrected chi connectivity index (χ4v) is 2.98. The fraction of sp³-hybridized carbons (Fsp3) is 0.308. The van der Waals surface area contributed by atoms with Crippen molar-refractivity contribution in [2.45, 2.75) is 19.8 Å². The highest BCUT2D eigenvalue weighted by molar-refractivity contribution is 7.87. The summed E-state index contributed by atoms with van der Waals surface area (Å²) in [6.45, 7) is 1.88. The number of unbranched alkanes of at least 4 members (excludes halogenated alkanes) is 1. The lowest BCUT2D eigenvalue weighted by atomic mass is 10.2. The van der Waals surface area contributed by atoms with E-state index in [1.807, 2.05) is 6.92 Å². The molecule has 1 aromatic carbocycles. The first-order valence-electron chi connectivity index (χ1n) is 6.07. The van der Waals surface area contributed by atoms with Crippen LogP contribution in [0.2, 0.25) is 5.02 Å². The largest absolute Gasteiger partial charge is 0.422 e. The predicted octanol–water partition coefficient (Wildman–Crippen LogP) is 2.96. The zero-order valence-corrected chi connectivity index (χ0v) is 12.3. The molecule has 0 N–H and O–H groups in total. The molecular weight excluding hydrogens is 304 g/mol. The van der Waals surface area contributed by atoms with Gasteiger partial charge in [0.1, 0.15) is 5.58 Å². The van der Waals surface area contributed by atoms with Crippen LogP contribution < -0.4 is 9.81 Å². The molecule has 1 aromatic heterocycles. The summed E-state index contributed by atoms with van der Waals surface area (Å²) >= 11 is 5.86. The van der Waals surface area contributed by atoms with Gasteiger partial charge >= 0.3 is 15.7 Å². The summed E-state index contributed by atoms with van der Waals surface area (Å²) in [6, 6.07) is 5.53. The van der Waals surface area contributed by atoms with Crippen molar-refractivity contribution in [1.82, 2.24) is 0 Å². The Labute approximate surface area is 121 Å². The Bertz CT molecular complexity index is 779. The second kappa shape index (κ2) is 5.85. The second-order valence-electron chi connectivity index (χ2n) is 4.27. The van der Waals surface area contributed by atoms with E-state index in [1.165, 1.54) is 12.1 Å².